The second kappa shape index (κ2) is 7.84. The lowest BCUT2D eigenvalue weighted by molar-refractivity contribution is -0.161. The first-order valence-electron chi connectivity index (χ1n) is 8.37. The highest BCUT2D eigenvalue weighted by Crippen LogP contribution is 2.19. The number of nitrogens with zero attached hydrogens (tertiary/aromatic N) is 4. The van der Waals surface area contributed by atoms with Crippen molar-refractivity contribution in [1.82, 2.24) is 19.9 Å². The highest BCUT2D eigenvalue weighted by molar-refractivity contribution is 5.79. The molecule has 1 atom stereocenters. The molecule has 1 aromatic rings. The molecule has 1 saturated heterocycles. The minimum Gasteiger partial charge on any atom is -0.340 e. The minimum atomic E-state index is 0.145. The minimum absolute atomic E-state index is 0.145. The van der Waals surface area contributed by atoms with Crippen molar-refractivity contribution in [3.8, 4) is 0 Å². The van der Waals surface area contributed by atoms with Crippen molar-refractivity contribution in [3.63, 3.8) is 0 Å². The fraction of sp³-hybridized carbons (Fsp3) is 0.706. The number of carbonyl (C=O) groups excluding carboxylic acids is 1. The zero-order valence-electron chi connectivity index (χ0n) is 14.9. The van der Waals surface area contributed by atoms with Crippen molar-refractivity contribution in [2.45, 2.75) is 46.5 Å². The van der Waals surface area contributed by atoms with Gasteiger partial charge in [0.1, 0.15) is 5.82 Å². The molecular formula is C17H28N4O2. The Morgan fingerprint density at radius 1 is 1.17 bits per heavy atom. The van der Waals surface area contributed by atoms with E-state index in [1.165, 1.54) is 0 Å². The first kappa shape index (κ1) is 17.8. The lowest BCUT2D eigenvalue weighted by Gasteiger charge is -2.33. The fourth-order valence-corrected chi connectivity index (χ4v) is 2.81. The number of hydrogen-bond acceptors (Lipinski definition) is 5. The number of hydroxylamine groups is 2. The van der Waals surface area contributed by atoms with E-state index in [1.807, 2.05) is 23.8 Å². The molecule has 1 fully saturated rings. The number of aryl methyl sites for hydroxylation is 2. The summed E-state index contributed by atoms with van der Waals surface area (Å²) < 4.78 is 0. The summed E-state index contributed by atoms with van der Waals surface area (Å²) in [6.45, 7) is 11.1. The van der Waals surface area contributed by atoms with Crippen molar-refractivity contribution < 1.29 is 9.63 Å². The Hall–Kier alpha value is -1.53. The molecule has 1 aliphatic rings. The van der Waals surface area contributed by atoms with Crippen LogP contribution in [0.3, 0.4) is 0 Å². The van der Waals surface area contributed by atoms with Gasteiger partial charge in [0, 0.05) is 49.0 Å². The molecule has 0 bridgehead atoms. The Morgan fingerprint density at radius 2 is 1.74 bits per heavy atom. The molecular weight excluding hydrogens is 292 g/mol. The number of carbonyl (C=O) groups is 1. The van der Waals surface area contributed by atoms with Crippen molar-refractivity contribution in [2.24, 2.45) is 0 Å². The Kier molecular flexibility index (Phi) is 6.07. The van der Waals surface area contributed by atoms with Gasteiger partial charge in [-0.15, -0.1) is 0 Å². The smallest absolute Gasteiger partial charge is 0.227 e. The van der Waals surface area contributed by atoms with Crippen molar-refractivity contribution >= 4 is 5.91 Å². The summed E-state index contributed by atoms with van der Waals surface area (Å²) in [5.41, 5.74) is 2.82. The molecule has 2 rings (SSSR count). The molecule has 1 aliphatic heterocycles. The molecule has 23 heavy (non-hydrogen) atoms. The van der Waals surface area contributed by atoms with Gasteiger partial charge >= 0.3 is 0 Å². The van der Waals surface area contributed by atoms with Gasteiger partial charge in [-0.25, -0.2) is 9.97 Å². The largest absolute Gasteiger partial charge is 0.340 e. The molecule has 0 saturated carbocycles. The van der Waals surface area contributed by atoms with E-state index in [4.69, 9.17) is 4.84 Å². The summed E-state index contributed by atoms with van der Waals surface area (Å²) in [5, 5.41) is 1.88. The van der Waals surface area contributed by atoms with Gasteiger partial charge in [-0.2, -0.15) is 5.06 Å². The summed E-state index contributed by atoms with van der Waals surface area (Å²) in [5.74, 6) is 1.37. The van der Waals surface area contributed by atoms with Crippen LogP contribution >= 0.6 is 0 Å². The Bertz CT molecular complexity index is 531. The molecule has 1 amide bonds. The summed E-state index contributed by atoms with van der Waals surface area (Å²) in [4.78, 5) is 28.9. The van der Waals surface area contributed by atoms with Gasteiger partial charge in [0.15, 0.2) is 0 Å². The van der Waals surface area contributed by atoms with E-state index in [9.17, 15) is 4.79 Å². The summed E-state index contributed by atoms with van der Waals surface area (Å²) in [6.07, 6.45) is 1.40. The van der Waals surface area contributed by atoms with E-state index < -0.39 is 0 Å². The van der Waals surface area contributed by atoms with E-state index in [0.717, 1.165) is 42.3 Å². The molecule has 1 aromatic heterocycles. The summed E-state index contributed by atoms with van der Waals surface area (Å²) in [6, 6.07) is 0. The summed E-state index contributed by atoms with van der Waals surface area (Å²) in [7, 11) is 1.67. The molecule has 0 aliphatic carbocycles. The number of aromatic nitrogens is 2. The maximum Gasteiger partial charge on any atom is 0.227 e. The third-order valence-corrected chi connectivity index (χ3v) is 4.67. The lowest BCUT2D eigenvalue weighted by Crippen LogP contribution is -2.48. The van der Waals surface area contributed by atoms with Gasteiger partial charge in [-0.05, 0) is 20.3 Å². The lowest BCUT2D eigenvalue weighted by atomic mass is 10.0. The maximum absolute atomic E-state index is 12.6. The van der Waals surface area contributed by atoms with E-state index in [-0.39, 0.29) is 5.91 Å². The molecule has 128 valence electrons. The monoisotopic (exact) mass is 320 g/mol. The van der Waals surface area contributed by atoms with Gasteiger partial charge in [0.2, 0.25) is 5.91 Å². The maximum atomic E-state index is 12.6. The highest BCUT2D eigenvalue weighted by atomic mass is 16.7. The number of rotatable bonds is 5. The highest BCUT2D eigenvalue weighted by Gasteiger charge is 2.23. The van der Waals surface area contributed by atoms with Crippen LogP contribution in [0.1, 0.15) is 49.0 Å². The molecule has 6 nitrogen and oxygen atoms in total. The van der Waals surface area contributed by atoms with Gasteiger partial charge in [0.05, 0.1) is 13.5 Å². The van der Waals surface area contributed by atoms with Crippen LogP contribution in [0.5, 0.6) is 0 Å². The van der Waals surface area contributed by atoms with E-state index in [0.29, 0.717) is 25.4 Å². The Balaban J connectivity index is 2.06. The molecule has 0 aromatic carbocycles. The van der Waals surface area contributed by atoms with Crippen molar-refractivity contribution in [1.29, 1.82) is 0 Å². The average Bonchev–Trinajstić information content (AvgIpc) is 2.57. The third-order valence-electron chi connectivity index (χ3n) is 4.67. The standard InChI is InChI=1S/C17H28N4O2/c1-6-12(2)17-18-13(3)15(14(4)19-17)11-16(22)20-7-9-21(23-5)10-8-20/h12H,6-11H2,1-5H3. The third kappa shape index (κ3) is 4.26. The fourth-order valence-electron chi connectivity index (χ4n) is 2.81. The topological polar surface area (TPSA) is 58.6 Å². The van der Waals surface area contributed by atoms with Crippen LogP contribution < -0.4 is 0 Å². The zero-order valence-corrected chi connectivity index (χ0v) is 14.9. The molecule has 0 radical (unpaired) electrons. The molecule has 1 unspecified atom stereocenters. The van der Waals surface area contributed by atoms with Crippen LogP contribution in [-0.2, 0) is 16.1 Å². The molecule has 2 heterocycles. The Morgan fingerprint density at radius 3 is 2.22 bits per heavy atom. The second-order valence-corrected chi connectivity index (χ2v) is 6.21. The van der Waals surface area contributed by atoms with E-state index in [2.05, 4.69) is 23.8 Å². The number of piperazine rings is 1. The van der Waals surface area contributed by atoms with Crippen LogP contribution in [0.25, 0.3) is 0 Å². The van der Waals surface area contributed by atoms with Gasteiger partial charge in [-0.1, -0.05) is 13.8 Å². The van der Waals surface area contributed by atoms with E-state index >= 15 is 0 Å². The molecule has 0 N–H and O–H groups in total. The SMILES string of the molecule is CCC(C)c1nc(C)c(CC(=O)N2CCN(OC)CC2)c(C)n1. The van der Waals surface area contributed by atoms with Crippen molar-refractivity contribution in [2.75, 3.05) is 33.3 Å². The van der Waals surface area contributed by atoms with Crippen LogP contribution in [0.15, 0.2) is 0 Å². The predicted molar refractivity (Wildman–Crippen MR) is 89.1 cm³/mol. The summed E-state index contributed by atoms with van der Waals surface area (Å²) >= 11 is 0. The van der Waals surface area contributed by atoms with Gasteiger partial charge < -0.3 is 9.74 Å². The Labute approximate surface area is 138 Å². The van der Waals surface area contributed by atoms with Crippen molar-refractivity contribution in [3.05, 3.63) is 22.8 Å². The second-order valence-electron chi connectivity index (χ2n) is 6.21. The van der Waals surface area contributed by atoms with Crippen LogP contribution in [0.4, 0.5) is 0 Å². The van der Waals surface area contributed by atoms with Crippen LogP contribution in [0.2, 0.25) is 0 Å². The van der Waals surface area contributed by atoms with Crippen LogP contribution in [0, 0.1) is 13.8 Å². The number of amides is 1. The first-order chi connectivity index (χ1) is 11.0. The van der Waals surface area contributed by atoms with Gasteiger partial charge in [-0.3, -0.25) is 4.79 Å². The van der Waals surface area contributed by atoms with Crippen LogP contribution in [-0.4, -0.2) is 59.1 Å². The number of hydrogen-bond donors (Lipinski definition) is 0. The average molecular weight is 320 g/mol. The first-order valence-corrected chi connectivity index (χ1v) is 8.37. The molecule has 6 heteroatoms. The zero-order chi connectivity index (χ0) is 17.0. The normalized spacial score (nSPS) is 17.3. The van der Waals surface area contributed by atoms with E-state index in [1.54, 1.807) is 7.11 Å². The van der Waals surface area contributed by atoms with Gasteiger partial charge in [0.25, 0.3) is 0 Å². The quantitative estimate of drug-likeness (QED) is 0.829. The molecule has 0 spiro atoms. The predicted octanol–water partition coefficient (Wildman–Crippen LogP) is 1.86.